The summed E-state index contributed by atoms with van der Waals surface area (Å²) < 4.78 is 4.85. The first-order valence-corrected chi connectivity index (χ1v) is 5.26. The highest BCUT2D eigenvalue weighted by Crippen LogP contribution is 2.06. The molecule has 0 unspecified atom stereocenters. The predicted octanol–water partition coefficient (Wildman–Crippen LogP) is 1.65. The van der Waals surface area contributed by atoms with Crippen LogP contribution in [0.15, 0.2) is 34.9 Å². The van der Waals surface area contributed by atoms with E-state index in [9.17, 15) is 4.79 Å². The zero-order valence-corrected chi connectivity index (χ0v) is 9.75. The van der Waals surface area contributed by atoms with E-state index in [2.05, 4.69) is 10.1 Å². The summed E-state index contributed by atoms with van der Waals surface area (Å²) >= 11 is 0. The Morgan fingerprint density at radius 3 is 2.65 bits per heavy atom. The third kappa shape index (κ3) is 2.69. The second-order valence-corrected chi connectivity index (χ2v) is 3.76. The lowest BCUT2D eigenvalue weighted by atomic mass is 10.2. The molecule has 1 aromatic carbocycles. The monoisotopic (exact) mass is 231 g/mol. The van der Waals surface area contributed by atoms with Gasteiger partial charge in [-0.15, -0.1) is 0 Å². The molecule has 1 aromatic heterocycles. The molecule has 0 N–H and O–H groups in total. The molecule has 0 saturated heterocycles. The molecule has 5 heteroatoms. The number of benzene rings is 1. The minimum atomic E-state index is -0.0620. The van der Waals surface area contributed by atoms with E-state index in [-0.39, 0.29) is 5.91 Å². The minimum Gasteiger partial charge on any atom is -0.340 e. The highest BCUT2D eigenvalue weighted by Gasteiger charge is 2.13. The predicted molar refractivity (Wildman–Crippen MR) is 61.3 cm³/mol. The molecule has 5 nitrogen and oxygen atoms in total. The number of hydrogen-bond donors (Lipinski definition) is 0. The standard InChI is InChI=1S/C12H13N3O2/c1-9-13-11(14-17-9)8-15(2)12(16)10-6-4-3-5-7-10/h3-7H,8H2,1-2H3. The highest BCUT2D eigenvalue weighted by atomic mass is 16.5. The van der Waals surface area contributed by atoms with Gasteiger partial charge in [-0.05, 0) is 12.1 Å². The first kappa shape index (κ1) is 11.3. The zero-order chi connectivity index (χ0) is 12.3. The van der Waals surface area contributed by atoms with Gasteiger partial charge in [-0.25, -0.2) is 0 Å². The van der Waals surface area contributed by atoms with Crippen LogP contribution in [0.3, 0.4) is 0 Å². The second-order valence-electron chi connectivity index (χ2n) is 3.76. The van der Waals surface area contributed by atoms with Crippen molar-refractivity contribution in [3.05, 3.63) is 47.6 Å². The van der Waals surface area contributed by atoms with E-state index in [1.54, 1.807) is 31.0 Å². The summed E-state index contributed by atoms with van der Waals surface area (Å²) in [5.41, 5.74) is 0.648. The lowest BCUT2D eigenvalue weighted by Crippen LogP contribution is -2.26. The summed E-state index contributed by atoms with van der Waals surface area (Å²) in [6, 6.07) is 9.10. The first-order chi connectivity index (χ1) is 8.16. The Balaban J connectivity index is 2.06. The van der Waals surface area contributed by atoms with Gasteiger partial charge < -0.3 is 9.42 Å². The molecule has 0 fully saturated rings. The van der Waals surface area contributed by atoms with Crippen molar-refractivity contribution >= 4 is 5.91 Å². The Morgan fingerprint density at radius 1 is 1.35 bits per heavy atom. The van der Waals surface area contributed by atoms with E-state index >= 15 is 0 Å². The molecule has 0 aliphatic carbocycles. The number of amides is 1. The number of aryl methyl sites for hydroxylation is 1. The largest absolute Gasteiger partial charge is 0.340 e. The van der Waals surface area contributed by atoms with Gasteiger partial charge in [0.1, 0.15) is 0 Å². The van der Waals surface area contributed by atoms with Crippen LogP contribution in [0.1, 0.15) is 22.1 Å². The van der Waals surface area contributed by atoms with Crippen LogP contribution in [-0.2, 0) is 6.54 Å². The molecule has 2 aromatic rings. The first-order valence-electron chi connectivity index (χ1n) is 5.26. The van der Waals surface area contributed by atoms with E-state index in [1.165, 1.54) is 0 Å². The highest BCUT2D eigenvalue weighted by molar-refractivity contribution is 5.93. The molecular formula is C12H13N3O2. The number of carbonyl (C=O) groups is 1. The summed E-state index contributed by atoms with van der Waals surface area (Å²) in [5, 5.41) is 3.75. The van der Waals surface area contributed by atoms with Crippen molar-refractivity contribution in [2.24, 2.45) is 0 Å². The normalized spacial score (nSPS) is 10.2. The quantitative estimate of drug-likeness (QED) is 0.805. The summed E-state index contributed by atoms with van der Waals surface area (Å²) in [7, 11) is 1.71. The van der Waals surface area contributed by atoms with Gasteiger partial charge in [-0.3, -0.25) is 4.79 Å². The topological polar surface area (TPSA) is 59.2 Å². The van der Waals surface area contributed by atoms with Crippen molar-refractivity contribution in [1.29, 1.82) is 0 Å². The maximum Gasteiger partial charge on any atom is 0.254 e. The van der Waals surface area contributed by atoms with Crippen molar-refractivity contribution < 1.29 is 9.32 Å². The molecule has 0 aliphatic rings. The molecule has 0 atom stereocenters. The Labute approximate surface area is 99.1 Å². The molecule has 88 valence electrons. The van der Waals surface area contributed by atoms with Crippen molar-refractivity contribution in [1.82, 2.24) is 15.0 Å². The van der Waals surface area contributed by atoms with E-state index < -0.39 is 0 Å². The SMILES string of the molecule is Cc1nc(CN(C)C(=O)c2ccccc2)no1. The number of carbonyl (C=O) groups excluding carboxylic acids is 1. The molecule has 0 radical (unpaired) electrons. The molecule has 2 rings (SSSR count). The van der Waals surface area contributed by atoms with Crippen molar-refractivity contribution in [2.75, 3.05) is 7.05 Å². The molecule has 0 saturated carbocycles. The number of hydrogen-bond acceptors (Lipinski definition) is 4. The average Bonchev–Trinajstić information content (AvgIpc) is 2.75. The fourth-order valence-corrected chi connectivity index (χ4v) is 1.49. The van der Waals surface area contributed by atoms with Crippen LogP contribution in [0.4, 0.5) is 0 Å². The van der Waals surface area contributed by atoms with Crippen LogP contribution >= 0.6 is 0 Å². The van der Waals surface area contributed by atoms with E-state index in [4.69, 9.17) is 4.52 Å². The Morgan fingerprint density at radius 2 is 2.06 bits per heavy atom. The fraction of sp³-hybridized carbons (Fsp3) is 0.250. The van der Waals surface area contributed by atoms with Crippen LogP contribution in [0.25, 0.3) is 0 Å². The smallest absolute Gasteiger partial charge is 0.254 e. The molecule has 0 bridgehead atoms. The number of nitrogens with zero attached hydrogens (tertiary/aromatic N) is 3. The number of aromatic nitrogens is 2. The van der Waals surface area contributed by atoms with E-state index in [0.29, 0.717) is 23.8 Å². The van der Waals surface area contributed by atoms with Crippen LogP contribution in [-0.4, -0.2) is 28.0 Å². The van der Waals surface area contributed by atoms with Crippen LogP contribution in [0, 0.1) is 6.92 Å². The Hall–Kier alpha value is -2.17. The molecule has 0 aliphatic heterocycles. The van der Waals surface area contributed by atoms with Crippen molar-refractivity contribution in [3.8, 4) is 0 Å². The Kier molecular flexibility index (Phi) is 3.18. The molecule has 1 heterocycles. The summed E-state index contributed by atoms with van der Waals surface area (Å²) in [6.07, 6.45) is 0. The summed E-state index contributed by atoms with van der Waals surface area (Å²) in [5.74, 6) is 0.947. The molecule has 1 amide bonds. The zero-order valence-electron chi connectivity index (χ0n) is 9.75. The van der Waals surface area contributed by atoms with Gasteiger partial charge in [0.2, 0.25) is 5.89 Å². The lowest BCUT2D eigenvalue weighted by Gasteiger charge is -2.14. The van der Waals surface area contributed by atoms with Gasteiger partial charge in [0.25, 0.3) is 5.91 Å². The van der Waals surface area contributed by atoms with E-state index in [1.807, 2.05) is 18.2 Å². The van der Waals surface area contributed by atoms with Gasteiger partial charge in [-0.2, -0.15) is 4.98 Å². The maximum absolute atomic E-state index is 12.0. The summed E-state index contributed by atoms with van der Waals surface area (Å²) in [4.78, 5) is 17.6. The fourth-order valence-electron chi connectivity index (χ4n) is 1.49. The van der Waals surface area contributed by atoms with Gasteiger partial charge in [0.05, 0.1) is 6.54 Å². The number of rotatable bonds is 3. The van der Waals surface area contributed by atoms with Crippen molar-refractivity contribution in [2.45, 2.75) is 13.5 Å². The van der Waals surface area contributed by atoms with E-state index in [0.717, 1.165) is 0 Å². The second kappa shape index (κ2) is 4.78. The maximum atomic E-state index is 12.0. The van der Waals surface area contributed by atoms with Gasteiger partial charge in [0.15, 0.2) is 5.82 Å². The summed E-state index contributed by atoms with van der Waals surface area (Å²) in [6.45, 7) is 2.06. The average molecular weight is 231 g/mol. The van der Waals surface area contributed by atoms with Crippen LogP contribution in [0.5, 0.6) is 0 Å². The molecule has 17 heavy (non-hydrogen) atoms. The van der Waals surface area contributed by atoms with Crippen molar-refractivity contribution in [3.63, 3.8) is 0 Å². The lowest BCUT2D eigenvalue weighted by molar-refractivity contribution is 0.0780. The third-order valence-electron chi connectivity index (χ3n) is 2.32. The van der Waals surface area contributed by atoms with Gasteiger partial charge in [-0.1, -0.05) is 23.4 Å². The molecular weight excluding hydrogens is 218 g/mol. The van der Waals surface area contributed by atoms with Crippen LogP contribution < -0.4 is 0 Å². The van der Waals surface area contributed by atoms with Gasteiger partial charge >= 0.3 is 0 Å². The van der Waals surface area contributed by atoms with Gasteiger partial charge in [0, 0.05) is 19.5 Å². The molecule has 0 spiro atoms. The third-order valence-corrected chi connectivity index (χ3v) is 2.32. The minimum absolute atomic E-state index is 0.0620. The Bertz CT molecular complexity index is 507. The van der Waals surface area contributed by atoms with Crippen LogP contribution in [0.2, 0.25) is 0 Å².